The molecular formula is C16H21NO4. The first-order valence-electron chi connectivity index (χ1n) is 7.22. The number of amides is 1. The van der Waals surface area contributed by atoms with Crippen LogP contribution in [0.25, 0.3) is 0 Å². The zero-order valence-electron chi connectivity index (χ0n) is 12.4. The molecular weight excluding hydrogens is 270 g/mol. The van der Waals surface area contributed by atoms with Crippen LogP contribution in [0.15, 0.2) is 30.3 Å². The fourth-order valence-electron chi connectivity index (χ4n) is 2.87. The molecule has 1 aromatic carbocycles. The van der Waals surface area contributed by atoms with Crippen LogP contribution in [-0.2, 0) is 16.1 Å². The van der Waals surface area contributed by atoms with E-state index in [2.05, 4.69) is 0 Å². The third-order valence-corrected chi connectivity index (χ3v) is 4.12. The van der Waals surface area contributed by atoms with E-state index in [1.54, 1.807) is 11.8 Å². The van der Waals surface area contributed by atoms with Gasteiger partial charge in [-0.05, 0) is 32.3 Å². The predicted octanol–water partition coefficient (Wildman–Crippen LogP) is 2.90. The Bertz CT molecular complexity index is 502. The minimum atomic E-state index is -0.852. The van der Waals surface area contributed by atoms with Crippen LogP contribution in [-0.4, -0.2) is 34.2 Å². The SMILES string of the molecule is C[C@@H]1CC[C@H](C(=O)O)[C@H](C)N1C(=O)OCc1ccccc1. The molecule has 0 bridgehead atoms. The van der Waals surface area contributed by atoms with Gasteiger partial charge in [0.2, 0.25) is 0 Å². The lowest BCUT2D eigenvalue weighted by molar-refractivity contribution is -0.145. The Balaban J connectivity index is 2.00. The Kier molecular flexibility index (Phi) is 4.83. The highest BCUT2D eigenvalue weighted by atomic mass is 16.6. The Labute approximate surface area is 124 Å². The highest BCUT2D eigenvalue weighted by molar-refractivity contribution is 5.74. The number of hydrogen-bond acceptors (Lipinski definition) is 3. The standard InChI is InChI=1S/C16H21NO4/c1-11-8-9-14(15(18)19)12(2)17(11)16(20)21-10-13-6-4-3-5-7-13/h3-7,11-12,14H,8-10H2,1-2H3,(H,18,19)/t11-,12+,14+/m1/s1. The predicted molar refractivity (Wildman–Crippen MR) is 77.7 cm³/mol. The van der Waals surface area contributed by atoms with E-state index >= 15 is 0 Å². The van der Waals surface area contributed by atoms with Crippen LogP contribution in [0.5, 0.6) is 0 Å². The van der Waals surface area contributed by atoms with Gasteiger partial charge in [-0.15, -0.1) is 0 Å². The second-order valence-electron chi connectivity index (χ2n) is 5.56. The summed E-state index contributed by atoms with van der Waals surface area (Å²) in [6, 6.07) is 9.09. The van der Waals surface area contributed by atoms with Gasteiger partial charge >= 0.3 is 12.1 Å². The number of ether oxygens (including phenoxy) is 1. The number of rotatable bonds is 3. The van der Waals surface area contributed by atoms with E-state index in [4.69, 9.17) is 4.74 Å². The van der Waals surface area contributed by atoms with Crippen molar-refractivity contribution in [3.8, 4) is 0 Å². The van der Waals surface area contributed by atoms with Gasteiger partial charge in [0, 0.05) is 12.1 Å². The van der Waals surface area contributed by atoms with Gasteiger partial charge in [0.1, 0.15) is 6.61 Å². The Morgan fingerprint density at radius 3 is 2.52 bits per heavy atom. The van der Waals surface area contributed by atoms with Crippen LogP contribution in [0.1, 0.15) is 32.3 Å². The summed E-state index contributed by atoms with van der Waals surface area (Å²) in [4.78, 5) is 25.1. The highest BCUT2D eigenvalue weighted by Crippen LogP contribution is 2.29. The summed E-state index contributed by atoms with van der Waals surface area (Å²) in [7, 11) is 0. The van der Waals surface area contributed by atoms with Crippen LogP contribution < -0.4 is 0 Å². The van der Waals surface area contributed by atoms with Crippen molar-refractivity contribution in [1.29, 1.82) is 0 Å². The van der Waals surface area contributed by atoms with Crippen molar-refractivity contribution in [3.05, 3.63) is 35.9 Å². The van der Waals surface area contributed by atoms with Crippen LogP contribution in [0.2, 0.25) is 0 Å². The molecule has 2 rings (SSSR count). The fourth-order valence-corrected chi connectivity index (χ4v) is 2.87. The van der Waals surface area contributed by atoms with Crippen LogP contribution in [0.3, 0.4) is 0 Å². The van der Waals surface area contributed by atoms with Crippen LogP contribution in [0, 0.1) is 5.92 Å². The molecule has 1 saturated heterocycles. The van der Waals surface area contributed by atoms with E-state index in [0.29, 0.717) is 12.8 Å². The second kappa shape index (κ2) is 6.61. The minimum absolute atomic E-state index is 0.00104. The van der Waals surface area contributed by atoms with Crippen molar-refractivity contribution in [1.82, 2.24) is 4.90 Å². The molecule has 0 unspecified atom stereocenters. The molecule has 1 heterocycles. The van der Waals surface area contributed by atoms with Gasteiger partial charge in [-0.1, -0.05) is 30.3 Å². The van der Waals surface area contributed by atoms with Gasteiger partial charge in [0.15, 0.2) is 0 Å². The van der Waals surface area contributed by atoms with Crippen LogP contribution in [0.4, 0.5) is 4.79 Å². The molecule has 1 N–H and O–H groups in total. The number of piperidine rings is 1. The molecule has 5 nitrogen and oxygen atoms in total. The maximum Gasteiger partial charge on any atom is 0.410 e. The first kappa shape index (κ1) is 15.4. The molecule has 5 heteroatoms. The number of benzene rings is 1. The summed E-state index contributed by atoms with van der Waals surface area (Å²) in [5.41, 5.74) is 0.915. The number of carbonyl (C=O) groups excluding carboxylic acids is 1. The lowest BCUT2D eigenvalue weighted by atomic mass is 9.87. The molecule has 1 aromatic rings. The van der Waals surface area contributed by atoms with Gasteiger partial charge in [-0.25, -0.2) is 4.79 Å². The van der Waals surface area contributed by atoms with Crippen molar-refractivity contribution in [3.63, 3.8) is 0 Å². The zero-order valence-corrected chi connectivity index (χ0v) is 12.4. The van der Waals surface area contributed by atoms with Gasteiger partial charge in [0.25, 0.3) is 0 Å². The van der Waals surface area contributed by atoms with Crippen LogP contribution >= 0.6 is 0 Å². The summed E-state index contributed by atoms with van der Waals surface area (Å²) < 4.78 is 5.33. The molecule has 1 fully saturated rings. The van der Waals surface area contributed by atoms with Gasteiger partial charge < -0.3 is 14.7 Å². The molecule has 0 radical (unpaired) electrons. The summed E-state index contributed by atoms with van der Waals surface area (Å²) in [5.74, 6) is -1.37. The van der Waals surface area contributed by atoms with Gasteiger partial charge in [0.05, 0.1) is 5.92 Å². The summed E-state index contributed by atoms with van der Waals surface area (Å²) in [6.07, 6.45) is 0.840. The molecule has 0 spiro atoms. The molecule has 1 aliphatic rings. The lowest BCUT2D eigenvalue weighted by Gasteiger charge is -2.41. The largest absolute Gasteiger partial charge is 0.481 e. The smallest absolute Gasteiger partial charge is 0.410 e. The number of hydrogen-bond donors (Lipinski definition) is 1. The van der Waals surface area contributed by atoms with Gasteiger partial charge in [-0.3, -0.25) is 4.79 Å². The average molecular weight is 291 g/mol. The summed E-state index contributed by atoms with van der Waals surface area (Å²) in [6.45, 7) is 3.91. The molecule has 21 heavy (non-hydrogen) atoms. The highest BCUT2D eigenvalue weighted by Gasteiger charge is 2.39. The van der Waals surface area contributed by atoms with E-state index in [9.17, 15) is 14.7 Å². The van der Waals surface area contributed by atoms with Crippen molar-refractivity contribution >= 4 is 12.1 Å². The first-order valence-corrected chi connectivity index (χ1v) is 7.22. The summed E-state index contributed by atoms with van der Waals surface area (Å²) >= 11 is 0. The average Bonchev–Trinajstić information content (AvgIpc) is 2.46. The third-order valence-electron chi connectivity index (χ3n) is 4.12. The monoisotopic (exact) mass is 291 g/mol. The Morgan fingerprint density at radius 2 is 1.90 bits per heavy atom. The third kappa shape index (κ3) is 3.54. The second-order valence-corrected chi connectivity index (χ2v) is 5.56. The number of nitrogens with zero attached hydrogens (tertiary/aromatic N) is 1. The normalized spacial score (nSPS) is 25.4. The van der Waals surface area contributed by atoms with Crippen molar-refractivity contribution < 1.29 is 19.4 Å². The topological polar surface area (TPSA) is 66.8 Å². The molecule has 1 amide bonds. The summed E-state index contributed by atoms with van der Waals surface area (Å²) in [5, 5.41) is 9.22. The molecule has 0 saturated carbocycles. The molecule has 114 valence electrons. The Hall–Kier alpha value is -2.04. The van der Waals surface area contributed by atoms with Crippen molar-refractivity contribution in [2.24, 2.45) is 5.92 Å². The van der Waals surface area contributed by atoms with E-state index in [-0.39, 0.29) is 18.7 Å². The number of likely N-dealkylation sites (tertiary alicyclic amines) is 1. The lowest BCUT2D eigenvalue weighted by Crippen LogP contribution is -2.53. The molecule has 0 aliphatic carbocycles. The van der Waals surface area contributed by atoms with E-state index in [1.165, 1.54) is 0 Å². The quantitative estimate of drug-likeness (QED) is 0.930. The number of carbonyl (C=O) groups is 2. The van der Waals surface area contributed by atoms with Gasteiger partial charge in [-0.2, -0.15) is 0 Å². The Morgan fingerprint density at radius 1 is 1.24 bits per heavy atom. The molecule has 1 aliphatic heterocycles. The van der Waals surface area contributed by atoms with E-state index in [0.717, 1.165) is 5.56 Å². The number of carboxylic acids is 1. The molecule has 0 aromatic heterocycles. The van der Waals surface area contributed by atoms with E-state index in [1.807, 2.05) is 37.3 Å². The number of carboxylic acid groups (broad SMARTS) is 1. The van der Waals surface area contributed by atoms with Crippen molar-refractivity contribution in [2.75, 3.05) is 0 Å². The number of aliphatic carboxylic acids is 1. The maximum atomic E-state index is 12.3. The first-order chi connectivity index (χ1) is 10.0. The molecule has 3 atom stereocenters. The fraction of sp³-hybridized carbons (Fsp3) is 0.500. The maximum absolute atomic E-state index is 12.3. The zero-order chi connectivity index (χ0) is 15.4. The van der Waals surface area contributed by atoms with E-state index < -0.39 is 18.0 Å². The van der Waals surface area contributed by atoms with Crippen molar-refractivity contribution in [2.45, 2.75) is 45.4 Å². The minimum Gasteiger partial charge on any atom is -0.481 e.